The summed E-state index contributed by atoms with van der Waals surface area (Å²) in [6, 6.07) is 51.6. The molecule has 3 heterocycles. The Hall–Kier alpha value is -7.66. The first-order valence-corrected chi connectivity index (χ1v) is 18.0. The van der Waals surface area contributed by atoms with Crippen molar-refractivity contribution in [3.8, 4) is 52.0 Å². The van der Waals surface area contributed by atoms with Gasteiger partial charge in [-0.15, -0.1) is 0 Å². The lowest BCUT2D eigenvalue weighted by atomic mass is 9.86. The molecule has 0 aliphatic carbocycles. The third-order valence-corrected chi connectivity index (χ3v) is 10.6. The Kier molecular flexibility index (Phi) is 7.54. The zero-order valence-corrected chi connectivity index (χ0v) is 30.5. The summed E-state index contributed by atoms with van der Waals surface area (Å²) in [6.45, 7) is 6.54. The van der Waals surface area contributed by atoms with E-state index in [1.807, 2.05) is 100 Å². The smallest absolute Gasteiger partial charge is 0.146 e. The van der Waals surface area contributed by atoms with E-state index < -0.39 is 0 Å². The summed E-state index contributed by atoms with van der Waals surface area (Å²) < 4.78 is 3.84. The topological polar surface area (TPSA) is 120 Å². The molecule has 260 valence electrons. The minimum absolute atomic E-state index is 0.00126. The lowest BCUT2D eigenvalue weighted by Crippen LogP contribution is -2.13. The normalized spacial score (nSPS) is 11.6. The fourth-order valence-electron chi connectivity index (χ4n) is 7.90. The maximum atomic E-state index is 11.3. The molecule has 0 spiro atoms. The first-order valence-electron chi connectivity index (χ1n) is 18.0. The van der Waals surface area contributed by atoms with Gasteiger partial charge in [0.2, 0.25) is 0 Å². The Labute approximate surface area is 318 Å². The lowest BCUT2D eigenvalue weighted by molar-refractivity contribution is 0.591. The summed E-state index contributed by atoms with van der Waals surface area (Å²) >= 11 is 0. The summed E-state index contributed by atoms with van der Waals surface area (Å²) in [6.07, 6.45) is 0. The molecule has 0 saturated carbocycles. The van der Waals surface area contributed by atoms with E-state index in [2.05, 4.69) is 81.4 Å². The number of rotatable bonds is 4. The second-order valence-corrected chi connectivity index (χ2v) is 14.8. The number of nitrogens with zero attached hydrogens (tertiary/aromatic N) is 6. The Morgan fingerprint density at radius 3 is 1.73 bits per heavy atom. The molecule has 55 heavy (non-hydrogen) atoms. The minimum Gasteiger partial charge on any atom is -0.396 e. The highest BCUT2D eigenvalue weighted by Gasteiger charge is 2.30. The molecule has 0 radical (unpaired) electrons. The Morgan fingerprint density at radius 2 is 1.07 bits per heavy atom. The van der Waals surface area contributed by atoms with Gasteiger partial charge < -0.3 is 10.3 Å². The number of nitriles is 3. The van der Waals surface area contributed by atoms with Gasteiger partial charge in [-0.25, -0.2) is 4.98 Å². The summed E-state index contributed by atoms with van der Waals surface area (Å²) in [5.41, 5.74) is 15.5. The van der Waals surface area contributed by atoms with Crippen molar-refractivity contribution in [3.05, 3.63) is 156 Å². The van der Waals surface area contributed by atoms with Crippen LogP contribution in [0.4, 0.5) is 5.69 Å². The molecule has 3 aromatic heterocycles. The van der Waals surface area contributed by atoms with E-state index >= 15 is 0 Å². The molecular formula is C48H33N7. The van der Waals surface area contributed by atoms with Crippen LogP contribution in [0.5, 0.6) is 0 Å². The molecule has 0 fully saturated rings. The van der Waals surface area contributed by atoms with Crippen LogP contribution >= 0.6 is 0 Å². The zero-order chi connectivity index (χ0) is 38.0. The number of pyridine rings is 1. The van der Waals surface area contributed by atoms with Crippen LogP contribution in [0.15, 0.2) is 133 Å². The Morgan fingerprint density at radius 1 is 0.509 bits per heavy atom. The van der Waals surface area contributed by atoms with Crippen LogP contribution in [0, 0.1) is 34.0 Å². The molecule has 7 heteroatoms. The van der Waals surface area contributed by atoms with Crippen LogP contribution in [0.3, 0.4) is 0 Å². The number of hydrogen-bond donors (Lipinski definition) is 1. The summed E-state index contributed by atoms with van der Waals surface area (Å²) in [7, 11) is 0. The number of fused-ring (bicyclic) bond motifs is 6. The van der Waals surface area contributed by atoms with E-state index in [1.165, 1.54) is 0 Å². The number of benzene rings is 6. The second-order valence-electron chi connectivity index (χ2n) is 14.8. The number of para-hydroxylation sites is 1. The number of hydrogen-bond acceptors (Lipinski definition) is 5. The van der Waals surface area contributed by atoms with Gasteiger partial charge >= 0.3 is 0 Å². The first kappa shape index (κ1) is 33.2. The Bertz CT molecular complexity index is 3160. The van der Waals surface area contributed by atoms with Gasteiger partial charge in [0.05, 0.1) is 39.3 Å². The van der Waals surface area contributed by atoms with E-state index in [0.717, 1.165) is 66.0 Å². The summed E-state index contributed by atoms with van der Waals surface area (Å²) in [5.74, 6) is 0. The molecule has 6 aromatic carbocycles. The predicted octanol–water partition coefficient (Wildman–Crippen LogP) is 11.1. The summed E-state index contributed by atoms with van der Waals surface area (Å²) in [5, 5.41) is 36.7. The average molecular weight is 708 g/mol. The fourth-order valence-corrected chi connectivity index (χ4v) is 7.90. The molecule has 0 atom stereocenters. The highest BCUT2D eigenvalue weighted by Crippen LogP contribution is 2.44. The van der Waals surface area contributed by atoms with Gasteiger partial charge in [0.1, 0.15) is 40.5 Å². The molecule has 0 aliphatic rings. The number of nitrogen functional groups attached to an aromatic ring is 1. The van der Waals surface area contributed by atoms with Gasteiger partial charge in [-0.2, -0.15) is 15.8 Å². The molecule has 9 rings (SSSR count). The molecule has 7 nitrogen and oxygen atoms in total. The van der Waals surface area contributed by atoms with E-state index in [1.54, 1.807) is 0 Å². The molecule has 0 saturated heterocycles. The molecule has 0 unspecified atom stereocenters. The standard InChI is InChI=1S/C48H33N7/c1-48(2,3)32-19-23-43-36(25-32)35-24-31(29-12-6-4-7-13-29)18-22-42(35)54(43)45-37(26-49)44(52)38(27-50)46(39(45)28-51)55-41-17-11-10-16-33(41)34-20-21-40(53-47(34)55)30-14-8-5-9-15-30/h4-25H,52H2,1-3H3. The van der Waals surface area contributed by atoms with E-state index in [4.69, 9.17) is 10.7 Å². The molecule has 9 aromatic rings. The lowest BCUT2D eigenvalue weighted by Gasteiger charge is -2.21. The van der Waals surface area contributed by atoms with Crippen LogP contribution < -0.4 is 5.73 Å². The summed E-state index contributed by atoms with van der Waals surface area (Å²) in [4.78, 5) is 5.18. The van der Waals surface area contributed by atoms with Crippen molar-refractivity contribution in [3.63, 3.8) is 0 Å². The van der Waals surface area contributed by atoms with Crippen molar-refractivity contribution in [2.24, 2.45) is 0 Å². The van der Waals surface area contributed by atoms with Gasteiger partial charge in [-0.05, 0) is 64.6 Å². The maximum absolute atomic E-state index is 11.3. The molecule has 2 N–H and O–H groups in total. The minimum atomic E-state index is -0.135. The number of nitrogens with two attached hydrogens (primary N) is 1. The largest absolute Gasteiger partial charge is 0.396 e. The number of aromatic nitrogens is 3. The van der Waals surface area contributed by atoms with Gasteiger partial charge in [0.15, 0.2) is 0 Å². The van der Waals surface area contributed by atoms with Crippen LogP contribution in [0.1, 0.15) is 43.0 Å². The van der Waals surface area contributed by atoms with Crippen molar-refractivity contribution in [1.82, 2.24) is 14.1 Å². The Balaban J connectivity index is 1.45. The van der Waals surface area contributed by atoms with Gasteiger partial charge in [0.25, 0.3) is 0 Å². The van der Waals surface area contributed by atoms with Gasteiger partial charge in [-0.1, -0.05) is 112 Å². The molecule has 0 bridgehead atoms. The van der Waals surface area contributed by atoms with Crippen molar-refractivity contribution >= 4 is 49.4 Å². The highest BCUT2D eigenvalue weighted by molar-refractivity contribution is 6.12. The second kappa shape index (κ2) is 12.5. The van der Waals surface area contributed by atoms with Crippen molar-refractivity contribution in [2.75, 3.05) is 5.73 Å². The number of anilines is 1. The third-order valence-electron chi connectivity index (χ3n) is 10.6. The molecular weight excluding hydrogens is 675 g/mol. The molecule has 0 aliphatic heterocycles. The van der Waals surface area contributed by atoms with Crippen molar-refractivity contribution in [1.29, 1.82) is 15.8 Å². The monoisotopic (exact) mass is 707 g/mol. The van der Waals surface area contributed by atoms with Crippen molar-refractivity contribution < 1.29 is 0 Å². The van der Waals surface area contributed by atoms with Crippen LogP contribution in [0.25, 0.3) is 77.5 Å². The quantitative estimate of drug-likeness (QED) is 0.183. The van der Waals surface area contributed by atoms with Gasteiger partial charge in [0, 0.05) is 27.1 Å². The predicted molar refractivity (Wildman–Crippen MR) is 221 cm³/mol. The third kappa shape index (κ3) is 5.05. The SMILES string of the molecule is CC(C)(C)c1ccc2c(c1)c1cc(-c3ccccc3)ccc1n2-c1c(C#N)c(N)c(C#N)c(-n2c3ccccc3c3ccc(-c4ccccc4)nc32)c1C#N. The van der Waals surface area contributed by atoms with Crippen LogP contribution in [-0.4, -0.2) is 14.1 Å². The first-order chi connectivity index (χ1) is 26.7. The van der Waals surface area contributed by atoms with E-state index in [0.29, 0.717) is 11.3 Å². The van der Waals surface area contributed by atoms with E-state index in [-0.39, 0.29) is 33.5 Å². The average Bonchev–Trinajstić information content (AvgIpc) is 3.72. The van der Waals surface area contributed by atoms with Gasteiger partial charge in [-0.3, -0.25) is 4.57 Å². The molecule has 0 amide bonds. The van der Waals surface area contributed by atoms with E-state index in [9.17, 15) is 15.8 Å². The zero-order valence-electron chi connectivity index (χ0n) is 30.5. The van der Waals surface area contributed by atoms with Crippen LogP contribution in [-0.2, 0) is 5.41 Å². The maximum Gasteiger partial charge on any atom is 0.146 e. The fraction of sp³-hybridized carbons (Fsp3) is 0.0833. The van der Waals surface area contributed by atoms with Crippen LogP contribution in [0.2, 0.25) is 0 Å². The highest BCUT2D eigenvalue weighted by atomic mass is 15.1. The van der Waals surface area contributed by atoms with Crippen molar-refractivity contribution in [2.45, 2.75) is 26.2 Å².